The van der Waals surface area contributed by atoms with Crippen molar-refractivity contribution in [3.63, 3.8) is 0 Å². The molecule has 1 radical (unpaired) electrons. The predicted octanol–water partition coefficient (Wildman–Crippen LogP) is 8.95. The fourth-order valence-electron chi connectivity index (χ4n) is 4.84. The van der Waals surface area contributed by atoms with Crippen molar-refractivity contribution < 1.29 is 47.6 Å². The van der Waals surface area contributed by atoms with E-state index in [-0.39, 0.29) is 31.4 Å². The summed E-state index contributed by atoms with van der Waals surface area (Å²) in [7, 11) is 0. The molecule has 0 bridgehead atoms. The van der Waals surface area contributed by atoms with Gasteiger partial charge in [-0.3, -0.25) is 8.78 Å². The standard InChI is InChI=1S/C15H14N2O2.2C11H6F2N.Ir/c1-2-7-17-13-6-4-3-5-10(13)11-8-12(15(18)19)16-9-14(11)17;12-8-4-5-9(10(13)7-8)11-3-1-2-6-14-11;12-9-5-8(6-10(13)7-9)11-3-1-2-4-14-11;/h3-6,8-9H,2,7H2,1H3,(H,18,19);1-4,6-7H;1-5,7H;/q;2*-1;. The SMILES string of the molecule is CCCn1c2ccccc2c2cc(C(=O)O)ncc21.Fc1[c-]c(-c2ccccn2)cc(F)c1.Fc1c[c-]c(-c2ccccn2)c(F)c1.[Ir]. The fraction of sp³-hybridized carbons (Fsp3) is 0.0811. The van der Waals surface area contributed by atoms with Crippen LogP contribution in [0.3, 0.4) is 0 Å². The summed E-state index contributed by atoms with van der Waals surface area (Å²) in [5, 5.41) is 11.1. The van der Waals surface area contributed by atoms with Gasteiger partial charge in [-0.2, -0.15) is 0 Å². The second-order valence-corrected chi connectivity index (χ2v) is 10.1. The summed E-state index contributed by atoms with van der Waals surface area (Å²) in [4.78, 5) is 23.0. The van der Waals surface area contributed by atoms with Crippen LogP contribution in [-0.4, -0.2) is 30.6 Å². The van der Waals surface area contributed by atoms with Crippen LogP contribution < -0.4 is 0 Å². The van der Waals surface area contributed by atoms with E-state index in [4.69, 9.17) is 5.11 Å². The molecule has 0 atom stereocenters. The summed E-state index contributed by atoms with van der Waals surface area (Å²) in [6.07, 6.45) is 5.79. The molecular weight excluding hydrogens is 801 g/mol. The van der Waals surface area contributed by atoms with Crippen molar-refractivity contribution in [1.82, 2.24) is 19.5 Å². The van der Waals surface area contributed by atoms with Crippen molar-refractivity contribution >= 4 is 27.8 Å². The maximum atomic E-state index is 13.2. The molecule has 0 fully saturated rings. The summed E-state index contributed by atoms with van der Waals surface area (Å²) in [6.45, 7) is 3.03. The molecule has 245 valence electrons. The van der Waals surface area contributed by atoms with Gasteiger partial charge in [0.2, 0.25) is 0 Å². The maximum absolute atomic E-state index is 13.2. The monoisotopic (exact) mass is 827 g/mol. The van der Waals surface area contributed by atoms with Gasteiger partial charge in [-0.25, -0.2) is 18.6 Å². The zero-order valence-electron chi connectivity index (χ0n) is 25.3. The second-order valence-electron chi connectivity index (χ2n) is 10.1. The summed E-state index contributed by atoms with van der Waals surface area (Å²) >= 11 is 0. The third kappa shape index (κ3) is 8.56. The van der Waals surface area contributed by atoms with Gasteiger partial charge in [-0.05, 0) is 42.1 Å². The number of aromatic carboxylic acids is 1. The van der Waals surface area contributed by atoms with Gasteiger partial charge < -0.3 is 19.6 Å². The van der Waals surface area contributed by atoms with E-state index < -0.39 is 29.2 Å². The molecule has 0 aliphatic carbocycles. The van der Waals surface area contributed by atoms with Gasteiger partial charge in [0.05, 0.1) is 11.7 Å². The summed E-state index contributed by atoms with van der Waals surface area (Å²) in [6, 6.07) is 28.8. The van der Waals surface area contributed by atoms with Crippen molar-refractivity contribution in [2.75, 3.05) is 0 Å². The van der Waals surface area contributed by atoms with Gasteiger partial charge in [0, 0.05) is 78.6 Å². The Hall–Kier alpha value is -5.25. The van der Waals surface area contributed by atoms with Crippen LogP contribution in [0.4, 0.5) is 17.6 Å². The largest absolute Gasteiger partial charge is 0.477 e. The van der Waals surface area contributed by atoms with E-state index in [1.165, 1.54) is 6.07 Å². The third-order valence-electron chi connectivity index (χ3n) is 6.85. The Morgan fingerprint density at radius 3 is 2.10 bits per heavy atom. The van der Waals surface area contributed by atoms with E-state index in [2.05, 4.69) is 44.6 Å². The molecule has 7 aromatic rings. The fourth-order valence-corrected chi connectivity index (χ4v) is 4.84. The molecule has 0 aliphatic rings. The van der Waals surface area contributed by atoms with Crippen LogP contribution in [0.1, 0.15) is 23.8 Å². The average molecular weight is 827 g/mol. The number of carboxylic acids is 1. The first kappa shape index (κ1) is 35.6. The molecule has 0 spiro atoms. The topological polar surface area (TPSA) is 80.9 Å². The molecule has 48 heavy (non-hydrogen) atoms. The van der Waals surface area contributed by atoms with E-state index >= 15 is 0 Å². The van der Waals surface area contributed by atoms with Crippen LogP contribution in [0.25, 0.3) is 44.3 Å². The second kappa shape index (κ2) is 16.5. The van der Waals surface area contributed by atoms with Crippen molar-refractivity contribution in [3.05, 3.63) is 151 Å². The third-order valence-corrected chi connectivity index (χ3v) is 6.85. The number of para-hydroxylation sites is 1. The van der Waals surface area contributed by atoms with Gasteiger partial charge in [-0.1, -0.05) is 67.1 Å². The van der Waals surface area contributed by atoms with Crippen LogP contribution in [0.2, 0.25) is 0 Å². The average Bonchev–Trinajstić information content (AvgIpc) is 3.39. The molecule has 0 aliphatic heterocycles. The number of benzene rings is 3. The van der Waals surface area contributed by atoms with Gasteiger partial charge in [0.25, 0.3) is 0 Å². The first-order chi connectivity index (χ1) is 22.7. The molecule has 7 rings (SSSR count). The Morgan fingerprint density at radius 2 is 1.48 bits per heavy atom. The first-order valence-corrected chi connectivity index (χ1v) is 14.4. The smallest absolute Gasteiger partial charge is 0.354 e. The summed E-state index contributed by atoms with van der Waals surface area (Å²) in [5.41, 5.74) is 3.68. The Labute approximate surface area is 287 Å². The quantitative estimate of drug-likeness (QED) is 0.139. The van der Waals surface area contributed by atoms with E-state index in [1.807, 2.05) is 18.2 Å². The minimum atomic E-state index is -0.991. The molecule has 11 heteroatoms. The van der Waals surface area contributed by atoms with E-state index in [9.17, 15) is 22.4 Å². The molecule has 0 saturated carbocycles. The van der Waals surface area contributed by atoms with Gasteiger partial charge >= 0.3 is 5.97 Å². The molecule has 3 aromatic carbocycles. The van der Waals surface area contributed by atoms with Crippen molar-refractivity contribution in [3.8, 4) is 22.5 Å². The Balaban J connectivity index is 0.000000164. The van der Waals surface area contributed by atoms with Gasteiger partial charge in [0.1, 0.15) is 5.69 Å². The number of rotatable bonds is 5. The molecule has 4 aromatic heterocycles. The van der Waals surface area contributed by atoms with Crippen molar-refractivity contribution in [1.29, 1.82) is 0 Å². The minimum absolute atomic E-state index is 0. The maximum Gasteiger partial charge on any atom is 0.354 e. The number of carbonyl (C=O) groups is 1. The van der Waals surface area contributed by atoms with Crippen LogP contribution in [0.5, 0.6) is 0 Å². The molecular formula is C37H26F4IrN4O2-2. The van der Waals surface area contributed by atoms with E-state index in [0.717, 1.165) is 53.0 Å². The zero-order valence-corrected chi connectivity index (χ0v) is 27.7. The molecule has 0 amide bonds. The molecule has 4 heterocycles. The van der Waals surface area contributed by atoms with Gasteiger partial charge in [0.15, 0.2) is 0 Å². The first-order valence-electron chi connectivity index (χ1n) is 14.4. The minimum Gasteiger partial charge on any atom is -0.477 e. The van der Waals surface area contributed by atoms with Crippen molar-refractivity contribution in [2.45, 2.75) is 19.9 Å². The number of aromatic nitrogens is 4. The van der Waals surface area contributed by atoms with Crippen LogP contribution >= 0.6 is 0 Å². The predicted molar refractivity (Wildman–Crippen MR) is 171 cm³/mol. The summed E-state index contributed by atoms with van der Waals surface area (Å²) in [5.74, 6) is -3.62. The number of hydrogen-bond acceptors (Lipinski definition) is 4. The Morgan fingerprint density at radius 1 is 0.792 bits per heavy atom. The number of aryl methyl sites for hydroxylation is 1. The number of fused-ring (bicyclic) bond motifs is 3. The number of nitrogens with zero attached hydrogens (tertiary/aromatic N) is 4. The number of hydrogen-bond donors (Lipinski definition) is 1. The Kier molecular flexibility index (Phi) is 12.3. The summed E-state index contributed by atoms with van der Waals surface area (Å²) < 4.78 is 53.6. The Bertz CT molecular complexity index is 2130. The van der Waals surface area contributed by atoms with Gasteiger partial charge in [-0.15, -0.1) is 29.8 Å². The zero-order chi connectivity index (χ0) is 33.3. The van der Waals surface area contributed by atoms with E-state index in [1.54, 1.807) is 61.1 Å². The molecule has 6 nitrogen and oxygen atoms in total. The van der Waals surface area contributed by atoms with E-state index in [0.29, 0.717) is 17.0 Å². The van der Waals surface area contributed by atoms with Crippen LogP contribution in [-0.2, 0) is 26.7 Å². The molecule has 0 unspecified atom stereocenters. The number of halogens is 4. The molecule has 1 N–H and O–H groups in total. The van der Waals surface area contributed by atoms with Crippen LogP contribution in [0, 0.1) is 35.4 Å². The normalized spacial score (nSPS) is 10.4. The van der Waals surface area contributed by atoms with Crippen LogP contribution in [0.15, 0.2) is 110 Å². The van der Waals surface area contributed by atoms with Crippen molar-refractivity contribution in [2.24, 2.45) is 0 Å². The molecule has 0 saturated heterocycles. The number of carboxylic acid groups (broad SMARTS) is 1. The number of pyridine rings is 3.